The third-order valence-corrected chi connectivity index (χ3v) is 5.01. The average Bonchev–Trinajstić information content (AvgIpc) is 2.55. The molecule has 134 valence electrons. The van der Waals surface area contributed by atoms with E-state index in [2.05, 4.69) is 10.0 Å². The molecule has 0 saturated heterocycles. The van der Waals surface area contributed by atoms with Gasteiger partial charge in [0.25, 0.3) is 0 Å². The fourth-order valence-electron chi connectivity index (χ4n) is 2.21. The van der Waals surface area contributed by atoms with Gasteiger partial charge in [-0.2, -0.15) is 4.72 Å². The Kier molecular flexibility index (Phi) is 6.17. The van der Waals surface area contributed by atoms with E-state index in [-0.39, 0.29) is 4.90 Å². The van der Waals surface area contributed by atoms with Crippen molar-refractivity contribution in [3.63, 3.8) is 0 Å². The number of aryl methyl sites for hydroxylation is 1. The molecule has 0 spiro atoms. The molecule has 0 aliphatic heterocycles. The number of carbonyl (C=O) groups is 1. The first-order valence-corrected chi connectivity index (χ1v) is 9.43. The van der Waals surface area contributed by atoms with Crippen molar-refractivity contribution >= 4 is 21.6 Å². The van der Waals surface area contributed by atoms with E-state index in [0.717, 1.165) is 5.56 Å². The summed E-state index contributed by atoms with van der Waals surface area (Å²) in [6.07, 6.45) is 0. The van der Waals surface area contributed by atoms with Crippen molar-refractivity contribution < 1.29 is 17.9 Å². The van der Waals surface area contributed by atoms with E-state index < -0.39 is 22.0 Å². The van der Waals surface area contributed by atoms with E-state index in [9.17, 15) is 13.2 Å². The second kappa shape index (κ2) is 8.13. The minimum Gasteiger partial charge on any atom is -0.494 e. The van der Waals surface area contributed by atoms with Crippen molar-refractivity contribution in [3.05, 3.63) is 54.1 Å². The average molecular weight is 362 g/mol. The molecule has 2 N–H and O–H groups in total. The van der Waals surface area contributed by atoms with E-state index in [1.165, 1.54) is 19.1 Å². The summed E-state index contributed by atoms with van der Waals surface area (Å²) in [5.41, 5.74) is 1.62. The van der Waals surface area contributed by atoms with Gasteiger partial charge in [-0.1, -0.05) is 12.1 Å². The van der Waals surface area contributed by atoms with E-state index in [0.29, 0.717) is 18.0 Å². The normalized spacial score (nSPS) is 12.4. The molecule has 7 heteroatoms. The summed E-state index contributed by atoms with van der Waals surface area (Å²) in [4.78, 5) is 12.3. The molecule has 6 nitrogen and oxygen atoms in total. The van der Waals surface area contributed by atoms with Crippen LogP contribution in [-0.2, 0) is 14.8 Å². The molecule has 2 rings (SSSR count). The maximum atomic E-state index is 12.4. The van der Waals surface area contributed by atoms with Gasteiger partial charge in [-0.3, -0.25) is 4.79 Å². The number of carbonyl (C=O) groups excluding carboxylic acids is 1. The monoisotopic (exact) mass is 362 g/mol. The van der Waals surface area contributed by atoms with Gasteiger partial charge in [-0.05, 0) is 62.7 Å². The van der Waals surface area contributed by atoms with Crippen LogP contribution < -0.4 is 14.8 Å². The molecule has 1 amide bonds. The first-order chi connectivity index (χ1) is 11.8. The third kappa shape index (κ3) is 5.30. The fraction of sp³-hybridized carbons (Fsp3) is 0.278. The smallest absolute Gasteiger partial charge is 0.242 e. The Morgan fingerprint density at radius 2 is 1.84 bits per heavy atom. The molecule has 0 aliphatic rings. The molecule has 0 aromatic heterocycles. The van der Waals surface area contributed by atoms with E-state index in [1.54, 1.807) is 18.2 Å². The highest BCUT2D eigenvalue weighted by Gasteiger charge is 2.22. The molecule has 0 heterocycles. The highest BCUT2D eigenvalue weighted by Crippen LogP contribution is 2.16. The molecule has 1 atom stereocenters. The molecular formula is C18H22N2O4S. The molecule has 0 bridgehead atoms. The number of hydrogen-bond acceptors (Lipinski definition) is 4. The Hall–Kier alpha value is -2.38. The lowest BCUT2D eigenvalue weighted by molar-refractivity contribution is -0.117. The molecular weight excluding hydrogens is 340 g/mol. The lowest BCUT2D eigenvalue weighted by atomic mass is 10.2. The zero-order chi connectivity index (χ0) is 18.4. The number of sulfonamides is 1. The summed E-state index contributed by atoms with van der Waals surface area (Å²) in [5, 5.41) is 2.70. The summed E-state index contributed by atoms with van der Waals surface area (Å²) in [6, 6.07) is 12.4. The number of benzene rings is 2. The van der Waals surface area contributed by atoms with Gasteiger partial charge in [0.2, 0.25) is 15.9 Å². The van der Waals surface area contributed by atoms with Gasteiger partial charge in [0, 0.05) is 5.69 Å². The molecule has 0 saturated carbocycles. The molecule has 0 unspecified atom stereocenters. The molecule has 2 aromatic rings. The lowest BCUT2D eigenvalue weighted by Crippen LogP contribution is -2.41. The maximum absolute atomic E-state index is 12.4. The van der Waals surface area contributed by atoms with Crippen molar-refractivity contribution in [2.24, 2.45) is 0 Å². The van der Waals surface area contributed by atoms with E-state index in [1.807, 2.05) is 32.0 Å². The highest BCUT2D eigenvalue weighted by atomic mass is 32.2. The predicted molar refractivity (Wildman–Crippen MR) is 97.2 cm³/mol. The van der Waals surface area contributed by atoms with Gasteiger partial charge < -0.3 is 10.1 Å². The Bertz CT molecular complexity index is 832. The number of amides is 1. The van der Waals surface area contributed by atoms with Crippen LogP contribution in [0.3, 0.4) is 0 Å². The van der Waals surface area contributed by atoms with Gasteiger partial charge in [0.15, 0.2) is 0 Å². The van der Waals surface area contributed by atoms with Crippen LogP contribution in [0, 0.1) is 6.92 Å². The molecule has 0 fully saturated rings. The topological polar surface area (TPSA) is 84.5 Å². The third-order valence-electron chi connectivity index (χ3n) is 3.46. The van der Waals surface area contributed by atoms with Crippen LogP contribution in [0.2, 0.25) is 0 Å². The zero-order valence-corrected chi connectivity index (χ0v) is 15.3. The number of rotatable bonds is 7. The van der Waals surface area contributed by atoms with Crippen LogP contribution in [0.1, 0.15) is 19.4 Å². The standard InChI is InChI=1S/C18H22N2O4S/c1-4-24-16-8-10-17(11-9-16)25(22,23)20-14(3)18(21)19-15-7-5-6-13(2)12-15/h5-12,14,20H,4H2,1-3H3,(H,19,21)/t14-/m0/s1. The summed E-state index contributed by atoms with van der Waals surface area (Å²) in [7, 11) is -3.80. The quantitative estimate of drug-likeness (QED) is 0.793. The first kappa shape index (κ1) is 19.0. The minimum atomic E-state index is -3.80. The number of nitrogens with one attached hydrogen (secondary N) is 2. The minimum absolute atomic E-state index is 0.0751. The maximum Gasteiger partial charge on any atom is 0.242 e. The second-order valence-electron chi connectivity index (χ2n) is 5.61. The Balaban J connectivity index is 2.04. The SMILES string of the molecule is CCOc1ccc(S(=O)(=O)N[C@@H](C)C(=O)Nc2cccc(C)c2)cc1. The number of ether oxygens (including phenoxy) is 1. The predicted octanol–water partition coefficient (Wildman–Crippen LogP) is 2.70. The highest BCUT2D eigenvalue weighted by molar-refractivity contribution is 7.89. The van der Waals surface area contributed by atoms with Crippen LogP contribution in [0.25, 0.3) is 0 Å². The van der Waals surface area contributed by atoms with E-state index in [4.69, 9.17) is 4.74 Å². The molecule has 0 radical (unpaired) electrons. The van der Waals surface area contributed by atoms with Crippen LogP contribution in [0.5, 0.6) is 5.75 Å². The molecule has 0 aliphatic carbocycles. The second-order valence-corrected chi connectivity index (χ2v) is 7.32. The van der Waals surface area contributed by atoms with Crippen LogP contribution >= 0.6 is 0 Å². The summed E-state index contributed by atoms with van der Waals surface area (Å²) in [5.74, 6) is 0.159. The zero-order valence-electron chi connectivity index (χ0n) is 14.4. The molecule has 25 heavy (non-hydrogen) atoms. The van der Waals surface area contributed by atoms with Crippen molar-refractivity contribution in [2.75, 3.05) is 11.9 Å². The van der Waals surface area contributed by atoms with Crippen molar-refractivity contribution in [3.8, 4) is 5.75 Å². The summed E-state index contributed by atoms with van der Waals surface area (Å²) >= 11 is 0. The molecule has 2 aromatic carbocycles. The van der Waals surface area contributed by atoms with Gasteiger partial charge >= 0.3 is 0 Å². The number of anilines is 1. The fourth-order valence-corrected chi connectivity index (χ4v) is 3.41. The number of hydrogen-bond donors (Lipinski definition) is 2. The van der Waals surface area contributed by atoms with Gasteiger partial charge in [-0.15, -0.1) is 0 Å². The Morgan fingerprint density at radius 3 is 2.44 bits per heavy atom. The van der Waals surface area contributed by atoms with E-state index >= 15 is 0 Å². The lowest BCUT2D eigenvalue weighted by Gasteiger charge is -2.15. The largest absolute Gasteiger partial charge is 0.494 e. The van der Waals surface area contributed by atoms with Crippen LogP contribution in [0.4, 0.5) is 5.69 Å². The Labute approximate surface area is 148 Å². The van der Waals surface area contributed by atoms with Gasteiger partial charge in [0.05, 0.1) is 17.5 Å². The first-order valence-electron chi connectivity index (χ1n) is 7.94. The van der Waals surface area contributed by atoms with Gasteiger partial charge in [0.1, 0.15) is 5.75 Å². The van der Waals surface area contributed by atoms with Crippen molar-refractivity contribution in [1.82, 2.24) is 4.72 Å². The summed E-state index contributed by atoms with van der Waals surface area (Å²) < 4.78 is 32.4. The van der Waals surface area contributed by atoms with Crippen molar-refractivity contribution in [1.29, 1.82) is 0 Å². The van der Waals surface area contributed by atoms with Crippen molar-refractivity contribution in [2.45, 2.75) is 31.7 Å². The van der Waals surface area contributed by atoms with Gasteiger partial charge in [-0.25, -0.2) is 8.42 Å². The van der Waals surface area contributed by atoms with Crippen LogP contribution in [-0.4, -0.2) is 27.0 Å². The summed E-state index contributed by atoms with van der Waals surface area (Å²) in [6.45, 7) is 5.76. The van der Waals surface area contributed by atoms with Crippen LogP contribution in [0.15, 0.2) is 53.4 Å². The Morgan fingerprint density at radius 1 is 1.16 bits per heavy atom.